The average Bonchev–Trinajstić information content (AvgIpc) is 1.83. The van der Waals surface area contributed by atoms with Crippen LogP contribution in [0.1, 0.15) is 0 Å². The zero-order chi connectivity index (χ0) is 6.85. The van der Waals surface area contributed by atoms with Gasteiger partial charge >= 0.3 is 0 Å². The van der Waals surface area contributed by atoms with Gasteiger partial charge in [-0.25, -0.2) is 4.98 Å². The molecule has 0 N–H and O–H groups in total. The largest absolute Gasteiger partial charge is 0.249 e. The van der Waals surface area contributed by atoms with Crippen molar-refractivity contribution in [1.82, 2.24) is 4.98 Å². The molecular weight excluding hydrogens is 455 g/mol. The number of hydrogen-bond acceptors (Lipinski definition) is 1. The van der Waals surface area contributed by atoms with E-state index in [1.807, 2.05) is 12.3 Å². The van der Waals surface area contributed by atoms with Gasteiger partial charge in [0.15, 0.2) is 0 Å². The van der Waals surface area contributed by atoms with Crippen LogP contribution in [0.15, 0.2) is 12.3 Å². The summed E-state index contributed by atoms with van der Waals surface area (Å²) in [6.07, 6.45) is 1.83. The summed E-state index contributed by atoms with van der Waals surface area (Å²) in [5.74, 6) is 0. The van der Waals surface area contributed by atoms with Gasteiger partial charge in [0.2, 0.25) is 0 Å². The van der Waals surface area contributed by atoms with Gasteiger partial charge in [-0.05, 0) is 73.8 Å². The number of nitrogens with zero attached hydrogens (tertiary/aromatic N) is 1. The molecule has 0 bridgehead atoms. The second-order valence-electron chi connectivity index (χ2n) is 1.40. The Kier molecular flexibility index (Phi) is 3.42. The Labute approximate surface area is 94.4 Å². The molecule has 0 saturated heterocycles. The quantitative estimate of drug-likeness (QED) is 0.432. The first-order chi connectivity index (χ1) is 4.22. The maximum atomic E-state index is 4.11. The monoisotopic (exact) mass is 457 g/mol. The second-order valence-corrected chi connectivity index (χ2v) is 4.66. The summed E-state index contributed by atoms with van der Waals surface area (Å²) in [5.41, 5.74) is 0. The van der Waals surface area contributed by atoms with Crippen LogP contribution >= 0.6 is 67.8 Å². The Morgan fingerprint density at radius 3 is 2.33 bits per heavy atom. The molecule has 1 aromatic rings. The van der Waals surface area contributed by atoms with Crippen LogP contribution in [0.5, 0.6) is 0 Å². The molecule has 0 aliphatic heterocycles. The fourth-order valence-electron chi connectivity index (χ4n) is 0.397. The van der Waals surface area contributed by atoms with Crippen LogP contribution in [0.25, 0.3) is 0 Å². The van der Waals surface area contributed by atoms with E-state index in [0.29, 0.717) is 0 Å². The molecule has 48 valence electrons. The van der Waals surface area contributed by atoms with Gasteiger partial charge in [-0.1, -0.05) is 0 Å². The molecule has 0 amide bonds. The van der Waals surface area contributed by atoms with Crippen LogP contribution in [0.4, 0.5) is 0 Å². The zero-order valence-corrected chi connectivity index (χ0v) is 10.7. The highest BCUT2D eigenvalue weighted by Gasteiger charge is 1.98. The van der Waals surface area contributed by atoms with Crippen LogP contribution in [0.3, 0.4) is 0 Å². The first-order valence-electron chi connectivity index (χ1n) is 2.17. The molecule has 0 unspecified atom stereocenters. The maximum absolute atomic E-state index is 4.11. The van der Waals surface area contributed by atoms with E-state index in [2.05, 4.69) is 72.8 Å². The van der Waals surface area contributed by atoms with Crippen LogP contribution in [-0.4, -0.2) is 4.98 Å². The molecule has 0 fully saturated rings. The van der Waals surface area contributed by atoms with E-state index in [1.165, 1.54) is 7.14 Å². The highest BCUT2D eigenvalue weighted by atomic mass is 127. The Balaban J connectivity index is 3.25. The van der Waals surface area contributed by atoms with Crippen molar-refractivity contribution in [2.75, 3.05) is 0 Å². The van der Waals surface area contributed by atoms with Gasteiger partial charge in [0.1, 0.15) is 3.70 Å². The molecule has 4 heteroatoms. The fourth-order valence-corrected chi connectivity index (χ4v) is 2.10. The van der Waals surface area contributed by atoms with Gasteiger partial charge in [0.25, 0.3) is 0 Å². The third-order valence-electron chi connectivity index (χ3n) is 0.800. The predicted octanol–water partition coefficient (Wildman–Crippen LogP) is 2.90. The molecule has 0 spiro atoms. The maximum Gasteiger partial charge on any atom is 0.115 e. The van der Waals surface area contributed by atoms with Crippen molar-refractivity contribution in [2.24, 2.45) is 0 Å². The summed E-state index contributed by atoms with van der Waals surface area (Å²) >= 11 is 6.82. The Bertz CT molecular complexity index is 203. The lowest BCUT2D eigenvalue weighted by atomic mass is 10.5. The average molecular weight is 457 g/mol. The summed E-state index contributed by atoms with van der Waals surface area (Å²) < 4.78 is 3.60. The van der Waals surface area contributed by atoms with Crippen LogP contribution in [-0.2, 0) is 0 Å². The Morgan fingerprint density at radius 1 is 1.22 bits per heavy atom. The number of rotatable bonds is 0. The van der Waals surface area contributed by atoms with Gasteiger partial charge in [-0.2, -0.15) is 0 Å². The SMILES string of the molecule is Ic1ccnc(I)c1I. The number of aromatic nitrogens is 1. The Hall–Kier alpha value is 1.34. The summed E-state index contributed by atoms with van der Waals surface area (Å²) in [6, 6.07) is 2.00. The Morgan fingerprint density at radius 2 is 1.89 bits per heavy atom. The molecule has 9 heavy (non-hydrogen) atoms. The summed E-state index contributed by atoms with van der Waals surface area (Å²) in [6.45, 7) is 0. The highest BCUT2D eigenvalue weighted by Crippen LogP contribution is 2.17. The van der Waals surface area contributed by atoms with E-state index in [9.17, 15) is 0 Å². The molecule has 0 aliphatic rings. The van der Waals surface area contributed by atoms with Crippen LogP contribution in [0, 0.1) is 10.8 Å². The molecule has 0 aromatic carbocycles. The number of pyridine rings is 1. The summed E-state index contributed by atoms with van der Waals surface area (Å²) in [4.78, 5) is 4.11. The first-order valence-corrected chi connectivity index (χ1v) is 5.41. The zero-order valence-electron chi connectivity index (χ0n) is 4.24. The lowest BCUT2D eigenvalue weighted by Gasteiger charge is -1.94. The first kappa shape index (κ1) is 8.44. The van der Waals surface area contributed by atoms with Crippen molar-refractivity contribution >= 4 is 67.8 Å². The standard InChI is InChI=1S/C5H2I3N/c6-3-1-2-9-5(8)4(3)7/h1-2H. The third-order valence-corrected chi connectivity index (χ3v) is 5.67. The second kappa shape index (κ2) is 3.65. The van der Waals surface area contributed by atoms with E-state index in [-0.39, 0.29) is 0 Å². The van der Waals surface area contributed by atoms with Gasteiger partial charge < -0.3 is 0 Å². The van der Waals surface area contributed by atoms with Gasteiger partial charge in [0.05, 0.1) is 3.57 Å². The fraction of sp³-hybridized carbons (Fsp3) is 0. The molecule has 1 heterocycles. The van der Waals surface area contributed by atoms with Crippen molar-refractivity contribution in [3.8, 4) is 0 Å². The summed E-state index contributed by atoms with van der Waals surface area (Å²) in [5, 5.41) is 0. The van der Waals surface area contributed by atoms with Crippen molar-refractivity contribution in [3.63, 3.8) is 0 Å². The number of halogens is 3. The molecule has 0 aliphatic carbocycles. The third kappa shape index (κ3) is 2.14. The normalized spacial score (nSPS) is 9.67. The van der Waals surface area contributed by atoms with Crippen molar-refractivity contribution < 1.29 is 0 Å². The topological polar surface area (TPSA) is 12.9 Å². The molecule has 1 rings (SSSR count). The molecule has 0 radical (unpaired) electrons. The van der Waals surface area contributed by atoms with Crippen molar-refractivity contribution in [2.45, 2.75) is 0 Å². The molecule has 0 saturated carbocycles. The molecule has 1 aromatic heterocycles. The van der Waals surface area contributed by atoms with Crippen molar-refractivity contribution in [3.05, 3.63) is 23.1 Å². The van der Waals surface area contributed by atoms with E-state index < -0.39 is 0 Å². The predicted molar refractivity (Wildman–Crippen MR) is 62.4 cm³/mol. The van der Waals surface area contributed by atoms with Gasteiger partial charge in [0, 0.05) is 9.77 Å². The molecule has 0 atom stereocenters. The minimum atomic E-state index is 1.08. The minimum Gasteiger partial charge on any atom is -0.249 e. The molecular formula is C5H2I3N. The van der Waals surface area contributed by atoms with Crippen molar-refractivity contribution in [1.29, 1.82) is 0 Å². The number of hydrogen-bond donors (Lipinski definition) is 0. The minimum absolute atomic E-state index is 1.08. The highest BCUT2D eigenvalue weighted by molar-refractivity contribution is 14.1. The smallest absolute Gasteiger partial charge is 0.115 e. The summed E-state index contributed by atoms with van der Waals surface area (Å²) in [7, 11) is 0. The van der Waals surface area contributed by atoms with E-state index in [4.69, 9.17) is 0 Å². The van der Waals surface area contributed by atoms with E-state index in [1.54, 1.807) is 0 Å². The lowest BCUT2D eigenvalue weighted by molar-refractivity contribution is 1.23. The van der Waals surface area contributed by atoms with Gasteiger partial charge in [-0.15, -0.1) is 0 Å². The van der Waals surface area contributed by atoms with Crippen LogP contribution in [0.2, 0.25) is 0 Å². The molecule has 1 nitrogen and oxygen atoms in total. The van der Waals surface area contributed by atoms with E-state index >= 15 is 0 Å². The van der Waals surface area contributed by atoms with Gasteiger partial charge in [-0.3, -0.25) is 0 Å². The van der Waals surface area contributed by atoms with Crippen LogP contribution < -0.4 is 0 Å². The van der Waals surface area contributed by atoms with E-state index in [0.717, 1.165) is 3.70 Å². The lowest BCUT2D eigenvalue weighted by Crippen LogP contribution is -1.87.